The summed E-state index contributed by atoms with van der Waals surface area (Å²) in [7, 11) is 0. The maximum absolute atomic E-state index is 12.0. The fourth-order valence-corrected chi connectivity index (χ4v) is 1.99. The van der Waals surface area contributed by atoms with Gasteiger partial charge in [0.25, 0.3) is 5.91 Å². The molecule has 5 nitrogen and oxygen atoms in total. The number of rotatable bonds is 10. The molecule has 0 aromatic heterocycles. The van der Waals surface area contributed by atoms with Crippen LogP contribution in [0.4, 0.5) is 0 Å². The summed E-state index contributed by atoms with van der Waals surface area (Å²) in [6, 6.07) is 7.17. The van der Waals surface area contributed by atoms with Crippen LogP contribution >= 0.6 is 0 Å². The Kier molecular flexibility index (Phi) is 7.94. The zero-order valence-corrected chi connectivity index (χ0v) is 12.4. The molecule has 0 unspecified atom stereocenters. The Labute approximate surface area is 125 Å². The minimum Gasteiger partial charge on any atom is -0.493 e. The highest BCUT2D eigenvalue weighted by atomic mass is 16.5. The van der Waals surface area contributed by atoms with E-state index in [2.05, 4.69) is 5.32 Å². The minimum absolute atomic E-state index is 0.135. The Morgan fingerprint density at radius 3 is 2.57 bits per heavy atom. The molecular weight excluding hydrogens is 270 g/mol. The number of hydrogen-bond donors (Lipinski definition) is 2. The van der Waals surface area contributed by atoms with Crippen LogP contribution in [0.1, 0.15) is 49.4 Å². The molecule has 0 spiro atoms. The smallest absolute Gasteiger partial charge is 0.303 e. The van der Waals surface area contributed by atoms with Crippen molar-refractivity contribution in [2.75, 3.05) is 13.2 Å². The predicted molar refractivity (Wildman–Crippen MR) is 80.7 cm³/mol. The third-order valence-electron chi connectivity index (χ3n) is 3.03. The van der Waals surface area contributed by atoms with Crippen LogP contribution in [0.2, 0.25) is 0 Å². The molecule has 2 N–H and O–H groups in total. The van der Waals surface area contributed by atoms with Gasteiger partial charge in [-0.25, -0.2) is 0 Å². The third kappa shape index (κ3) is 6.79. The van der Waals surface area contributed by atoms with Crippen LogP contribution in [0.5, 0.6) is 5.75 Å². The Balaban J connectivity index is 2.26. The summed E-state index contributed by atoms with van der Waals surface area (Å²) in [6.07, 6.45) is 3.55. The van der Waals surface area contributed by atoms with Gasteiger partial charge < -0.3 is 15.2 Å². The molecule has 0 atom stereocenters. The lowest BCUT2D eigenvalue weighted by Crippen LogP contribution is -2.25. The average molecular weight is 293 g/mol. The molecule has 116 valence electrons. The largest absolute Gasteiger partial charge is 0.493 e. The number of carbonyl (C=O) groups is 2. The van der Waals surface area contributed by atoms with Crippen LogP contribution in [0.15, 0.2) is 24.3 Å². The van der Waals surface area contributed by atoms with Gasteiger partial charge >= 0.3 is 5.97 Å². The van der Waals surface area contributed by atoms with Crippen molar-refractivity contribution in [3.63, 3.8) is 0 Å². The molecule has 0 aliphatic rings. The molecule has 1 rings (SSSR count). The van der Waals surface area contributed by atoms with Crippen molar-refractivity contribution in [1.29, 1.82) is 0 Å². The highest BCUT2D eigenvalue weighted by molar-refractivity contribution is 5.96. The topological polar surface area (TPSA) is 75.6 Å². The first kappa shape index (κ1) is 17.0. The first-order chi connectivity index (χ1) is 10.1. The van der Waals surface area contributed by atoms with Crippen molar-refractivity contribution in [2.45, 2.75) is 39.0 Å². The van der Waals surface area contributed by atoms with Gasteiger partial charge in [-0.1, -0.05) is 25.0 Å². The maximum Gasteiger partial charge on any atom is 0.303 e. The molecule has 5 heteroatoms. The number of para-hydroxylation sites is 1. The first-order valence-corrected chi connectivity index (χ1v) is 7.37. The summed E-state index contributed by atoms with van der Waals surface area (Å²) >= 11 is 0. The van der Waals surface area contributed by atoms with E-state index >= 15 is 0 Å². The Hall–Kier alpha value is -2.04. The number of benzene rings is 1. The molecule has 0 fully saturated rings. The number of ether oxygens (including phenoxy) is 1. The SMILES string of the molecule is CCOc1ccccc1C(=O)NCCCCCCC(=O)O. The van der Waals surface area contributed by atoms with Crippen LogP contribution < -0.4 is 10.1 Å². The molecule has 0 heterocycles. The lowest BCUT2D eigenvalue weighted by atomic mass is 10.1. The maximum atomic E-state index is 12.0. The van der Waals surface area contributed by atoms with E-state index in [9.17, 15) is 9.59 Å². The number of nitrogens with one attached hydrogen (secondary N) is 1. The quantitative estimate of drug-likeness (QED) is 0.650. The van der Waals surface area contributed by atoms with E-state index in [-0.39, 0.29) is 12.3 Å². The molecule has 0 aliphatic heterocycles. The lowest BCUT2D eigenvalue weighted by molar-refractivity contribution is -0.137. The molecule has 1 aromatic carbocycles. The highest BCUT2D eigenvalue weighted by Crippen LogP contribution is 2.17. The van der Waals surface area contributed by atoms with Gasteiger partial charge in [0.15, 0.2) is 0 Å². The molecule has 0 aliphatic carbocycles. The highest BCUT2D eigenvalue weighted by Gasteiger charge is 2.10. The number of aliphatic carboxylic acids is 1. The van der Waals surface area contributed by atoms with E-state index < -0.39 is 5.97 Å². The molecule has 21 heavy (non-hydrogen) atoms. The molecule has 0 bridgehead atoms. The molecule has 0 saturated carbocycles. The number of carbonyl (C=O) groups excluding carboxylic acids is 1. The van der Waals surface area contributed by atoms with E-state index in [1.165, 1.54) is 0 Å². The van der Waals surface area contributed by atoms with E-state index in [0.717, 1.165) is 19.3 Å². The van der Waals surface area contributed by atoms with Gasteiger partial charge in [-0.05, 0) is 31.9 Å². The van der Waals surface area contributed by atoms with Crippen LogP contribution in [0, 0.1) is 0 Å². The summed E-state index contributed by atoms with van der Waals surface area (Å²) in [5, 5.41) is 11.4. The van der Waals surface area contributed by atoms with Crippen molar-refractivity contribution in [1.82, 2.24) is 5.32 Å². The lowest BCUT2D eigenvalue weighted by Gasteiger charge is -2.10. The van der Waals surface area contributed by atoms with Gasteiger partial charge in [-0.2, -0.15) is 0 Å². The summed E-state index contributed by atoms with van der Waals surface area (Å²) in [4.78, 5) is 22.4. The normalized spacial score (nSPS) is 10.1. The molecular formula is C16H23NO4. The van der Waals surface area contributed by atoms with Crippen molar-refractivity contribution in [3.05, 3.63) is 29.8 Å². The Morgan fingerprint density at radius 1 is 1.14 bits per heavy atom. The summed E-state index contributed by atoms with van der Waals surface area (Å²) < 4.78 is 5.42. The Bertz CT molecular complexity index is 459. The monoisotopic (exact) mass is 293 g/mol. The molecule has 1 aromatic rings. The zero-order valence-electron chi connectivity index (χ0n) is 12.4. The molecule has 0 radical (unpaired) electrons. The van der Waals surface area contributed by atoms with Crippen LogP contribution in [0.25, 0.3) is 0 Å². The number of hydrogen-bond acceptors (Lipinski definition) is 3. The standard InChI is InChI=1S/C16H23NO4/c1-2-21-14-10-7-6-9-13(14)16(20)17-12-8-4-3-5-11-15(18)19/h6-7,9-10H,2-5,8,11-12H2,1H3,(H,17,20)(H,18,19). The van der Waals surface area contributed by atoms with Crippen LogP contribution in [-0.2, 0) is 4.79 Å². The number of carboxylic acids is 1. The van der Waals surface area contributed by atoms with Crippen molar-refractivity contribution in [3.8, 4) is 5.75 Å². The predicted octanol–water partition coefficient (Wildman–Crippen LogP) is 2.85. The van der Waals surface area contributed by atoms with Crippen molar-refractivity contribution < 1.29 is 19.4 Å². The third-order valence-corrected chi connectivity index (χ3v) is 3.03. The summed E-state index contributed by atoms with van der Waals surface area (Å²) in [6.45, 7) is 2.99. The number of amides is 1. The molecule has 0 saturated heterocycles. The van der Waals surface area contributed by atoms with Gasteiger partial charge in [0, 0.05) is 13.0 Å². The minimum atomic E-state index is -0.754. The van der Waals surface area contributed by atoms with E-state index in [4.69, 9.17) is 9.84 Å². The Morgan fingerprint density at radius 2 is 1.86 bits per heavy atom. The second-order valence-corrected chi connectivity index (χ2v) is 4.74. The number of unbranched alkanes of at least 4 members (excludes halogenated alkanes) is 3. The van der Waals surface area contributed by atoms with E-state index in [0.29, 0.717) is 30.9 Å². The van der Waals surface area contributed by atoms with E-state index in [1.807, 2.05) is 19.1 Å². The van der Waals surface area contributed by atoms with Gasteiger partial charge in [0.1, 0.15) is 5.75 Å². The first-order valence-electron chi connectivity index (χ1n) is 7.37. The van der Waals surface area contributed by atoms with Crippen LogP contribution in [-0.4, -0.2) is 30.1 Å². The van der Waals surface area contributed by atoms with Gasteiger partial charge in [-0.15, -0.1) is 0 Å². The second kappa shape index (κ2) is 9.80. The van der Waals surface area contributed by atoms with Gasteiger partial charge in [-0.3, -0.25) is 9.59 Å². The fourth-order valence-electron chi connectivity index (χ4n) is 1.99. The van der Waals surface area contributed by atoms with Crippen LogP contribution in [0.3, 0.4) is 0 Å². The summed E-state index contributed by atoms with van der Waals surface area (Å²) in [5.74, 6) is -0.292. The van der Waals surface area contributed by atoms with Gasteiger partial charge in [0.2, 0.25) is 0 Å². The summed E-state index contributed by atoms with van der Waals surface area (Å²) in [5.41, 5.74) is 0.547. The number of carboxylic acid groups (broad SMARTS) is 1. The van der Waals surface area contributed by atoms with Crippen molar-refractivity contribution >= 4 is 11.9 Å². The second-order valence-electron chi connectivity index (χ2n) is 4.74. The van der Waals surface area contributed by atoms with Crippen molar-refractivity contribution in [2.24, 2.45) is 0 Å². The van der Waals surface area contributed by atoms with Gasteiger partial charge in [0.05, 0.1) is 12.2 Å². The van der Waals surface area contributed by atoms with E-state index in [1.54, 1.807) is 12.1 Å². The fraction of sp³-hybridized carbons (Fsp3) is 0.500. The average Bonchev–Trinajstić information content (AvgIpc) is 2.46. The zero-order chi connectivity index (χ0) is 15.5. The molecule has 1 amide bonds.